The number of methoxy groups -OCH3 is 2. The van der Waals surface area contributed by atoms with Gasteiger partial charge in [-0.25, -0.2) is 0 Å². The molecule has 0 heterocycles. The predicted octanol–water partition coefficient (Wildman–Crippen LogP) is 2.19. The van der Waals surface area contributed by atoms with Gasteiger partial charge in [0.05, 0.1) is 14.2 Å². The van der Waals surface area contributed by atoms with Gasteiger partial charge in [0.15, 0.2) is 11.5 Å². The molecule has 0 aromatic heterocycles. The molecule has 1 rings (SSSR count). The van der Waals surface area contributed by atoms with E-state index in [1.54, 1.807) is 39.5 Å². The van der Waals surface area contributed by atoms with Crippen LogP contribution in [0.25, 0.3) is 0 Å². The highest BCUT2D eigenvalue weighted by Crippen LogP contribution is 2.31. The molecule has 1 aromatic carbocycles. The summed E-state index contributed by atoms with van der Waals surface area (Å²) in [6.07, 6.45) is 0. The van der Waals surface area contributed by atoms with Crippen LogP contribution in [-0.4, -0.2) is 26.5 Å². The van der Waals surface area contributed by atoms with E-state index in [0.717, 1.165) is 0 Å². The van der Waals surface area contributed by atoms with E-state index in [-0.39, 0.29) is 5.24 Å². The van der Waals surface area contributed by atoms with E-state index in [1.807, 2.05) is 0 Å². The number of carbonyl (C=O) groups is 1. The molecule has 1 amide bonds. The van der Waals surface area contributed by atoms with E-state index in [0.29, 0.717) is 17.2 Å². The van der Waals surface area contributed by atoms with Crippen molar-refractivity contribution in [1.29, 1.82) is 0 Å². The second-order valence-corrected chi connectivity index (χ2v) is 3.26. The van der Waals surface area contributed by atoms with Crippen molar-refractivity contribution in [2.75, 3.05) is 26.2 Å². The van der Waals surface area contributed by atoms with E-state index in [2.05, 4.69) is 12.6 Å². The Morgan fingerprint density at radius 1 is 1.27 bits per heavy atom. The minimum atomic E-state index is -0.331. The van der Waals surface area contributed by atoms with Crippen molar-refractivity contribution >= 4 is 23.6 Å². The molecule has 0 aliphatic rings. The summed E-state index contributed by atoms with van der Waals surface area (Å²) >= 11 is 3.73. The molecule has 0 spiro atoms. The smallest absolute Gasteiger partial charge is 0.282 e. The molecule has 82 valence electrons. The van der Waals surface area contributed by atoms with Crippen LogP contribution in [0.4, 0.5) is 10.5 Å². The lowest BCUT2D eigenvalue weighted by Crippen LogP contribution is -2.19. The fourth-order valence-electron chi connectivity index (χ4n) is 1.14. The second kappa shape index (κ2) is 4.93. The minimum Gasteiger partial charge on any atom is -0.493 e. The molecular formula is C10H13NO3S. The number of ether oxygens (including phenoxy) is 2. The topological polar surface area (TPSA) is 38.8 Å². The average molecular weight is 227 g/mol. The molecule has 4 nitrogen and oxygen atoms in total. The second-order valence-electron chi connectivity index (χ2n) is 2.88. The van der Waals surface area contributed by atoms with Crippen molar-refractivity contribution in [2.45, 2.75) is 0 Å². The first-order valence-electron chi connectivity index (χ1n) is 4.28. The standard InChI is InChI=1S/C10H13NO3S/c1-11(10(12)15)7-4-5-8(13-2)9(6-7)14-3/h4-6H,1-3H3,(H,12,15). The largest absolute Gasteiger partial charge is 0.493 e. The van der Waals surface area contributed by atoms with Gasteiger partial charge in [-0.05, 0) is 12.1 Å². The maximum Gasteiger partial charge on any atom is 0.282 e. The van der Waals surface area contributed by atoms with Crippen molar-refractivity contribution < 1.29 is 14.3 Å². The fourth-order valence-corrected chi connectivity index (χ4v) is 1.26. The molecule has 5 heteroatoms. The molecule has 0 fully saturated rings. The molecule has 1 aromatic rings. The van der Waals surface area contributed by atoms with Crippen LogP contribution in [0, 0.1) is 0 Å². The first-order chi connectivity index (χ1) is 7.10. The summed E-state index contributed by atoms with van der Waals surface area (Å²) in [6, 6.07) is 5.21. The molecule has 0 aliphatic heterocycles. The third kappa shape index (κ3) is 2.56. The summed E-state index contributed by atoms with van der Waals surface area (Å²) in [6.45, 7) is 0. The van der Waals surface area contributed by atoms with Crippen LogP contribution in [0.2, 0.25) is 0 Å². The summed E-state index contributed by atoms with van der Waals surface area (Å²) in [5.74, 6) is 1.21. The highest BCUT2D eigenvalue weighted by Gasteiger charge is 2.10. The number of benzene rings is 1. The van der Waals surface area contributed by atoms with Crippen molar-refractivity contribution in [3.8, 4) is 11.5 Å². The lowest BCUT2D eigenvalue weighted by molar-refractivity contribution is 0.266. The Balaban J connectivity index is 3.07. The van der Waals surface area contributed by atoms with Gasteiger partial charge in [-0.3, -0.25) is 4.79 Å². The Kier molecular flexibility index (Phi) is 3.85. The van der Waals surface area contributed by atoms with Crippen molar-refractivity contribution in [3.05, 3.63) is 18.2 Å². The highest BCUT2D eigenvalue weighted by atomic mass is 32.1. The predicted molar refractivity (Wildman–Crippen MR) is 62.3 cm³/mol. The number of anilines is 1. The summed E-state index contributed by atoms with van der Waals surface area (Å²) in [7, 11) is 4.74. The van der Waals surface area contributed by atoms with Crippen LogP contribution in [0.3, 0.4) is 0 Å². The highest BCUT2D eigenvalue weighted by molar-refractivity contribution is 7.96. The van der Waals surface area contributed by atoms with Crippen molar-refractivity contribution in [1.82, 2.24) is 0 Å². The van der Waals surface area contributed by atoms with Crippen molar-refractivity contribution in [3.63, 3.8) is 0 Å². The van der Waals surface area contributed by atoms with Gasteiger partial charge in [0.1, 0.15) is 0 Å². The van der Waals surface area contributed by atoms with Crippen LogP contribution in [-0.2, 0) is 0 Å². The SMILES string of the molecule is COc1ccc(N(C)C(=O)S)cc1OC. The maximum absolute atomic E-state index is 11.0. The summed E-state index contributed by atoms with van der Waals surface area (Å²) < 4.78 is 10.2. The number of carbonyl (C=O) groups excluding carboxylic acids is 1. The van der Waals surface area contributed by atoms with Gasteiger partial charge in [-0.2, -0.15) is 0 Å². The molecule has 0 saturated heterocycles. The van der Waals surface area contributed by atoms with Gasteiger partial charge in [-0.15, -0.1) is 0 Å². The monoisotopic (exact) mass is 227 g/mol. The fraction of sp³-hybridized carbons (Fsp3) is 0.300. The van der Waals surface area contributed by atoms with Crippen LogP contribution in [0.5, 0.6) is 11.5 Å². The molecule has 0 saturated carbocycles. The molecular weight excluding hydrogens is 214 g/mol. The van der Waals surface area contributed by atoms with Crippen LogP contribution in [0.1, 0.15) is 0 Å². The van der Waals surface area contributed by atoms with Gasteiger partial charge in [0.2, 0.25) is 0 Å². The van der Waals surface area contributed by atoms with Gasteiger partial charge in [0.25, 0.3) is 5.24 Å². The Bertz CT molecular complexity index is 368. The number of amides is 1. The van der Waals surface area contributed by atoms with E-state index in [1.165, 1.54) is 4.90 Å². The molecule has 0 radical (unpaired) electrons. The molecule has 0 atom stereocenters. The Morgan fingerprint density at radius 2 is 1.87 bits per heavy atom. The van der Waals surface area contributed by atoms with E-state index >= 15 is 0 Å². The minimum absolute atomic E-state index is 0.331. The third-order valence-corrected chi connectivity index (χ3v) is 2.34. The van der Waals surface area contributed by atoms with Gasteiger partial charge in [0, 0.05) is 18.8 Å². The summed E-state index contributed by atoms with van der Waals surface area (Å²) in [5, 5.41) is -0.331. The number of rotatable bonds is 3. The number of hydrogen-bond donors (Lipinski definition) is 1. The van der Waals surface area contributed by atoms with Gasteiger partial charge >= 0.3 is 0 Å². The quantitative estimate of drug-likeness (QED) is 0.804. The average Bonchev–Trinajstić information content (AvgIpc) is 2.26. The van der Waals surface area contributed by atoms with Crippen LogP contribution in [0.15, 0.2) is 18.2 Å². The number of hydrogen-bond acceptors (Lipinski definition) is 3. The van der Waals surface area contributed by atoms with Crippen molar-refractivity contribution in [2.24, 2.45) is 0 Å². The van der Waals surface area contributed by atoms with E-state index in [4.69, 9.17) is 9.47 Å². The van der Waals surface area contributed by atoms with Gasteiger partial charge in [-0.1, -0.05) is 12.6 Å². The van der Waals surface area contributed by atoms with Gasteiger partial charge < -0.3 is 14.4 Å². The molecule has 0 unspecified atom stereocenters. The Labute approximate surface area is 94.2 Å². The maximum atomic E-state index is 11.0. The lowest BCUT2D eigenvalue weighted by atomic mass is 10.2. The van der Waals surface area contributed by atoms with Crippen LogP contribution >= 0.6 is 12.6 Å². The van der Waals surface area contributed by atoms with E-state index < -0.39 is 0 Å². The zero-order valence-corrected chi connectivity index (χ0v) is 9.75. The summed E-state index contributed by atoms with van der Waals surface area (Å²) in [4.78, 5) is 12.4. The Morgan fingerprint density at radius 3 is 2.33 bits per heavy atom. The Hall–Kier alpha value is -1.36. The molecule has 0 bridgehead atoms. The number of nitrogens with zero attached hydrogens (tertiary/aromatic N) is 1. The van der Waals surface area contributed by atoms with E-state index in [9.17, 15) is 4.79 Å². The zero-order valence-electron chi connectivity index (χ0n) is 8.85. The summed E-state index contributed by atoms with van der Waals surface area (Å²) in [5.41, 5.74) is 0.702. The van der Waals surface area contributed by atoms with Crippen LogP contribution < -0.4 is 14.4 Å². The molecule has 15 heavy (non-hydrogen) atoms. The molecule has 0 N–H and O–H groups in total. The lowest BCUT2D eigenvalue weighted by Gasteiger charge is -2.16. The zero-order chi connectivity index (χ0) is 11.4. The molecule has 0 aliphatic carbocycles. The number of thiol groups is 1. The first kappa shape index (κ1) is 11.7. The first-order valence-corrected chi connectivity index (χ1v) is 4.73. The third-order valence-electron chi connectivity index (χ3n) is 2.04. The normalized spacial score (nSPS) is 9.60.